The highest BCUT2D eigenvalue weighted by atomic mass is 16.5. The summed E-state index contributed by atoms with van der Waals surface area (Å²) in [6.07, 6.45) is 2.91. The number of para-hydroxylation sites is 1. The topological polar surface area (TPSA) is 108 Å². The molecule has 176 valence electrons. The molecule has 2 aromatic carbocycles. The number of nitrogens with zero attached hydrogens (tertiary/aromatic N) is 4. The number of ketones is 2. The summed E-state index contributed by atoms with van der Waals surface area (Å²) < 4.78 is 12.0. The molecule has 9 heteroatoms. The maximum absolute atomic E-state index is 13.7. The zero-order valence-electron chi connectivity index (χ0n) is 19.3. The fraction of sp³-hybridized carbons (Fsp3) is 0.192. The van der Waals surface area contributed by atoms with Gasteiger partial charge in [-0.25, -0.2) is 0 Å². The number of carbonyl (C=O) groups excluding carboxylic acids is 3. The predicted molar refractivity (Wildman–Crippen MR) is 126 cm³/mol. The van der Waals surface area contributed by atoms with Gasteiger partial charge in [-0.05, 0) is 25.1 Å². The van der Waals surface area contributed by atoms with Crippen molar-refractivity contribution < 1.29 is 23.6 Å². The maximum atomic E-state index is 13.7. The van der Waals surface area contributed by atoms with Crippen LogP contribution in [0.5, 0.6) is 5.75 Å². The van der Waals surface area contributed by atoms with E-state index in [1.807, 2.05) is 0 Å². The zero-order chi connectivity index (χ0) is 24.7. The third-order valence-electron chi connectivity index (χ3n) is 6.43. The number of aryl methyl sites for hydroxylation is 1. The number of aromatic nitrogens is 3. The number of hydrogen-bond donors (Lipinski definition) is 0. The van der Waals surface area contributed by atoms with Gasteiger partial charge in [0.1, 0.15) is 23.6 Å². The molecule has 0 N–H and O–H groups in total. The lowest BCUT2D eigenvalue weighted by molar-refractivity contribution is -0.135. The van der Waals surface area contributed by atoms with Crippen LogP contribution in [0.2, 0.25) is 0 Å². The lowest BCUT2D eigenvalue weighted by Crippen LogP contribution is -2.31. The minimum absolute atomic E-state index is 0.307. The molecule has 0 spiro atoms. The molecule has 2 unspecified atom stereocenters. The standard InChI is InChI=1S/C26H22N4O5/c1-15-19(14-27-29(15)2)24(31)22-23(18-6-4-5-7-21(18)34-3)30(26(33)25(22)32)17-10-8-16(9-11-17)20-12-13-35-28-20/h4-14,22-23H,1-3H3. The molecule has 2 aromatic heterocycles. The number of anilines is 1. The zero-order valence-corrected chi connectivity index (χ0v) is 19.3. The van der Waals surface area contributed by atoms with Crippen LogP contribution in [-0.4, -0.2) is 39.5 Å². The average molecular weight is 470 g/mol. The Morgan fingerprint density at radius 1 is 1.06 bits per heavy atom. The number of ether oxygens (including phenoxy) is 1. The average Bonchev–Trinajstić information content (AvgIpc) is 3.59. The van der Waals surface area contributed by atoms with Gasteiger partial charge in [-0.2, -0.15) is 5.10 Å². The van der Waals surface area contributed by atoms with Crippen LogP contribution >= 0.6 is 0 Å². The summed E-state index contributed by atoms with van der Waals surface area (Å²) in [5.41, 5.74) is 3.39. The van der Waals surface area contributed by atoms with Crippen LogP contribution < -0.4 is 9.64 Å². The van der Waals surface area contributed by atoms with Gasteiger partial charge in [0, 0.05) is 35.6 Å². The van der Waals surface area contributed by atoms with E-state index in [2.05, 4.69) is 10.3 Å². The van der Waals surface area contributed by atoms with Crippen LogP contribution in [0.25, 0.3) is 11.3 Å². The number of methoxy groups -OCH3 is 1. The third-order valence-corrected chi connectivity index (χ3v) is 6.43. The highest BCUT2D eigenvalue weighted by molar-refractivity contribution is 6.49. The van der Waals surface area contributed by atoms with Crippen molar-refractivity contribution in [2.24, 2.45) is 13.0 Å². The number of amides is 1. The molecule has 3 heterocycles. The molecular weight excluding hydrogens is 448 g/mol. The van der Waals surface area contributed by atoms with Crippen LogP contribution in [0, 0.1) is 12.8 Å². The molecule has 35 heavy (non-hydrogen) atoms. The predicted octanol–water partition coefficient (Wildman–Crippen LogP) is 3.55. The van der Waals surface area contributed by atoms with E-state index < -0.39 is 29.4 Å². The van der Waals surface area contributed by atoms with Crippen molar-refractivity contribution in [3.8, 4) is 17.0 Å². The first-order valence-electron chi connectivity index (χ1n) is 11.0. The normalized spacial score (nSPS) is 17.7. The molecular formula is C26H22N4O5. The third kappa shape index (κ3) is 3.61. The van der Waals surface area contributed by atoms with Crippen molar-refractivity contribution in [2.45, 2.75) is 13.0 Å². The summed E-state index contributed by atoms with van der Waals surface area (Å²) in [6, 6.07) is 14.9. The van der Waals surface area contributed by atoms with Gasteiger partial charge in [-0.3, -0.25) is 24.0 Å². The molecule has 1 amide bonds. The molecule has 1 aliphatic rings. The smallest absolute Gasteiger partial charge is 0.295 e. The minimum atomic E-state index is -1.25. The van der Waals surface area contributed by atoms with Gasteiger partial charge in [0.2, 0.25) is 5.78 Å². The van der Waals surface area contributed by atoms with Gasteiger partial charge in [0.25, 0.3) is 5.91 Å². The maximum Gasteiger partial charge on any atom is 0.295 e. The Balaban J connectivity index is 1.64. The Hall–Kier alpha value is -4.53. The summed E-state index contributed by atoms with van der Waals surface area (Å²) in [5.74, 6) is -2.75. The molecule has 1 fully saturated rings. The van der Waals surface area contributed by atoms with Crippen molar-refractivity contribution >= 4 is 23.2 Å². The van der Waals surface area contributed by atoms with Crippen molar-refractivity contribution in [3.05, 3.63) is 83.9 Å². The van der Waals surface area contributed by atoms with E-state index in [9.17, 15) is 14.4 Å². The van der Waals surface area contributed by atoms with Gasteiger partial charge < -0.3 is 9.26 Å². The molecule has 0 aliphatic carbocycles. The number of hydrogen-bond acceptors (Lipinski definition) is 7. The van der Waals surface area contributed by atoms with Crippen molar-refractivity contribution in [3.63, 3.8) is 0 Å². The van der Waals surface area contributed by atoms with Gasteiger partial charge in [0.15, 0.2) is 5.78 Å². The second kappa shape index (κ2) is 8.68. The van der Waals surface area contributed by atoms with Crippen molar-refractivity contribution in [2.75, 3.05) is 12.0 Å². The second-order valence-corrected chi connectivity index (χ2v) is 8.27. The van der Waals surface area contributed by atoms with Crippen LogP contribution in [0.3, 0.4) is 0 Å². The number of carbonyl (C=O) groups is 3. The van der Waals surface area contributed by atoms with Crippen LogP contribution in [0.1, 0.15) is 27.7 Å². The van der Waals surface area contributed by atoms with Crippen LogP contribution in [0.15, 0.2) is 71.6 Å². The molecule has 0 bridgehead atoms. The van der Waals surface area contributed by atoms with Gasteiger partial charge >= 0.3 is 0 Å². The minimum Gasteiger partial charge on any atom is -0.496 e. The lowest BCUT2D eigenvalue weighted by Gasteiger charge is -2.28. The quantitative estimate of drug-likeness (QED) is 0.241. The van der Waals surface area contributed by atoms with Crippen LogP contribution in [0.4, 0.5) is 5.69 Å². The fourth-order valence-electron chi connectivity index (χ4n) is 4.50. The molecule has 0 radical (unpaired) electrons. The van der Waals surface area contributed by atoms with Crippen molar-refractivity contribution in [1.82, 2.24) is 14.9 Å². The van der Waals surface area contributed by atoms with E-state index in [-0.39, 0.29) is 0 Å². The number of benzene rings is 2. The Bertz CT molecular complexity index is 1420. The van der Waals surface area contributed by atoms with Gasteiger partial charge in [0.05, 0.1) is 24.9 Å². The lowest BCUT2D eigenvalue weighted by atomic mass is 9.86. The van der Waals surface area contributed by atoms with E-state index in [0.29, 0.717) is 34.0 Å². The first kappa shape index (κ1) is 22.3. The number of Topliss-reactive ketones (excluding diaryl/α,β-unsaturated/α-hetero) is 2. The molecule has 1 saturated heterocycles. The summed E-state index contributed by atoms with van der Waals surface area (Å²) >= 11 is 0. The van der Waals surface area contributed by atoms with Crippen molar-refractivity contribution in [1.29, 1.82) is 0 Å². The summed E-state index contributed by atoms with van der Waals surface area (Å²) in [4.78, 5) is 41.8. The highest BCUT2D eigenvalue weighted by Crippen LogP contribution is 2.44. The van der Waals surface area contributed by atoms with Gasteiger partial charge in [-0.1, -0.05) is 35.5 Å². The fourth-order valence-corrected chi connectivity index (χ4v) is 4.50. The number of rotatable bonds is 6. The summed E-state index contributed by atoms with van der Waals surface area (Å²) in [6.45, 7) is 1.75. The second-order valence-electron chi connectivity index (χ2n) is 8.27. The van der Waals surface area contributed by atoms with E-state index >= 15 is 0 Å². The first-order valence-corrected chi connectivity index (χ1v) is 11.0. The first-order chi connectivity index (χ1) is 16.9. The van der Waals surface area contributed by atoms with Gasteiger partial charge in [-0.15, -0.1) is 0 Å². The molecule has 2 atom stereocenters. The van der Waals surface area contributed by atoms with E-state index in [1.165, 1.54) is 24.5 Å². The monoisotopic (exact) mass is 470 g/mol. The Kier molecular flexibility index (Phi) is 5.52. The summed E-state index contributed by atoms with van der Waals surface area (Å²) in [7, 11) is 3.23. The van der Waals surface area contributed by atoms with Crippen LogP contribution in [-0.2, 0) is 16.6 Å². The van der Waals surface area contributed by atoms with E-state index in [1.54, 1.807) is 73.3 Å². The molecule has 5 rings (SSSR count). The highest BCUT2D eigenvalue weighted by Gasteiger charge is 2.53. The largest absolute Gasteiger partial charge is 0.496 e. The Morgan fingerprint density at radius 2 is 1.80 bits per heavy atom. The summed E-state index contributed by atoms with van der Waals surface area (Å²) in [5, 5.41) is 8.07. The molecule has 0 saturated carbocycles. The molecule has 4 aromatic rings. The SMILES string of the molecule is COc1ccccc1C1C(C(=O)c2cnn(C)c2C)C(=O)C(=O)N1c1ccc(-c2ccon2)cc1. The molecule has 9 nitrogen and oxygen atoms in total. The Morgan fingerprint density at radius 3 is 2.43 bits per heavy atom. The molecule has 1 aliphatic heterocycles. The van der Waals surface area contributed by atoms with E-state index in [4.69, 9.17) is 9.26 Å². The Labute approximate surface area is 200 Å². The van der Waals surface area contributed by atoms with E-state index in [0.717, 1.165) is 5.56 Å².